The third-order valence-electron chi connectivity index (χ3n) is 6.54. The topological polar surface area (TPSA) is 104 Å². The van der Waals surface area contributed by atoms with Crippen LogP contribution in [0.15, 0.2) is 66.9 Å². The molecule has 0 aliphatic carbocycles. The van der Waals surface area contributed by atoms with Gasteiger partial charge in [0.15, 0.2) is 0 Å². The second-order valence-corrected chi connectivity index (χ2v) is 10.4. The van der Waals surface area contributed by atoms with Crippen LogP contribution in [0.3, 0.4) is 0 Å². The molecule has 0 unspecified atom stereocenters. The van der Waals surface area contributed by atoms with Gasteiger partial charge in [-0.05, 0) is 66.1 Å². The first-order chi connectivity index (χ1) is 18.8. The van der Waals surface area contributed by atoms with Crippen LogP contribution in [-0.4, -0.2) is 41.0 Å². The zero-order chi connectivity index (χ0) is 27.7. The van der Waals surface area contributed by atoms with Gasteiger partial charge in [-0.3, -0.25) is 14.6 Å². The van der Waals surface area contributed by atoms with Crippen molar-refractivity contribution in [1.82, 2.24) is 15.3 Å². The van der Waals surface area contributed by atoms with Crippen LogP contribution in [0.5, 0.6) is 0 Å². The number of pyridine rings is 1. The van der Waals surface area contributed by atoms with Gasteiger partial charge in [0.1, 0.15) is 5.01 Å². The molecule has 0 atom stereocenters. The van der Waals surface area contributed by atoms with E-state index in [0.29, 0.717) is 16.3 Å². The van der Waals surface area contributed by atoms with Crippen molar-refractivity contribution < 1.29 is 14.7 Å². The van der Waals surface area contributed by atoms with E-state index < -0.39 is 5.97 Å². The molecule has 3 N–H and O–H groups in total. The summed E-state index contributed by atoms with van der Waals surface area (Å²) in [5.41, 5.74) is 7.81. The van der Waals surface area contributed by atoms with Crippen LogP contribution in [0.25, 0.3) is 43.2 Å². The van der Waals surface area contributed by atoms with E-state index in [2.05, 4.69) is 15.6 Å². The molecule has 2 heterocycles. The summed E-state index contributed by atoms with van der Waals surface area (Å²) in [6, 6.07) is 18.8. The number of fused-ring (bicyclic) bond motifs is 1. The molecule has 0 saturated carbocycles. The molecule has 0 radical (unpaired) electrons. The molecule has 1 amide bonds. The van der Waals surface area contributed by atoms with Crippen LogP contribution in [0.4, 0.5) is 5.69 Å². The number of nitrogens with zero attached hydrogens (tertiary/aromatic N) is 2. The second kappa shape index (κ2) is 10.8. The molecule has 5 aromatic rings. The van der Waals surface area contributed by atoms with Crippen LogP contribution in [0.1, 0.15) is 21.5 Å². The number of carboxylic acids is 1. The van der Waals surface area contributed by atoms with E-state index >= 15 is 0 Å². The quantitative estimate of drug-likeness (QED) is 0.206. The van der Waals surface area contributed by atoms with Gasteiger partial charge < -0.3 is 15.7 Å². The van der Waals surface area contributed by atoms with Crippen LogP contribution in [0, 0.1) is 6.92 Å². The van der Waals surface area contributed by atoms with Crippen molar-refractivity contribution in [3.05, 3.63) is 88.6 Å². The number of carbonyl (C=O) groups excluding carboxylic acids is 1. The van der Waals surface area contributed by atoms with E-state index in [9.17, 15) is 14.7 Å². The molecule has 0 aliphatic heterocycles. The fourth-order valence-electron chi connectivity index (χ4n) is 4.63. The lowest BCUT2D eigenvalue weighted by Crippen LogP contribution is -2.19. The molecule has 5 rings (SSSR count). The number of nitrogens with one attached hydrogen (secondary N) is 2. The summed E-state index contributed by atoms with van der Waals surface area (Å²) in [7, 11) is 3.37. The smallest absolute Gasteiger partial charge is 0.307 e. The third-order valence-corrected chi connectivity index (χ3v) is 7.93. The van der Waals surface area contributed by atoms with Gasteiger partial charge in [0.05, 0.1) is 27.9 Å². The summed E-state index contributed by atoms with van der Waals surface area (Å²) in [5.74, 6) is -1.08. The van der Waals surface area contributed by atoms with Gasteiger partial charge in [0.2, 0.25) is 0 Å². The minimum absolute atomic E-state index is 0.0946. The summed E-state index contributed by atoms with van der Waals surface area (Å²) < 4.78 is 0.910. The summed E-state index contributed by atoms with van der Waals surface area (Å²) in [6.07, 6.45) is 1.63. The molecule has 3 aromatic carbocycles. The SMILES string of the molecule is CNC(=O)c1cc(-c2cc(-c3nc4cc(C)c(CC(=O)O)c(-c5ccc(Cl)cc5)c4s3)ccn2)ccc1NC. The first-order valence-electron chi connectivity index (χ1n) is 12.2. The summed E-state index contributed by atoms with van der Waals surface area (Å²) in [4.78, 5) is 33.7. The minimum Gasteiger partial charge on any atom is -0.481 e. The summed E-state index contributed by atoms with van der Waals surface area (Å²) >= 11 is 7.65. The maximum absolute atomic E-state index is 12.4. The third kappa shape index (κ3) is 5.21. The molecule has 2 aromatic heterocycles. The van der Waals surface area contributed by atoms with Crippen molar-refractivity contribution in [3.8, 4) is 33.0 Å². The van der Waals surface area contributed by atoms with E-state index in [1.54, 1.807) is 32.4 Å². The number of halogens is 1. The Labute approximate surface area is 234 Å². The van der Waals surface area contributed by atoms with E-state index in [1.165, 1.54) is 11.3 Å². The Bertz CT molecular complexity index is 1730. The summed E-state index contributed by atoms with van der Waals surface area (Å²) in [5, 5.41) is 16.8. The first kappa shape index (κ1) is 26.3. The average Bonchev–Trinajstić information content (AvgIpc) is 3.36. The molecule has 196 valence electrons. The number of benzene rings is 3. The normalized spacial score (nSPS) is 11.0. The minimum atomic E-state index is -0.892. The number of aromatic nitrogens is 2. The number of carbonyl (C=O) groups is 2. The van der Waals surface area contributed by atoms with Crippen molar-refractivity contribution >= 4 is 50.7 Å². The van der Waals surface area contributed by atoms with Gasteiger partial charge in [0.25, 0.3) is 5.91 Å². The van der Waals surface area contributed by atoms with E-state index in [4.69, 9.17) is 16.6 Å². The fourth-order valence-corrected chi connectivity index (χ4v) is 5.89. The number of hydrogen-bond donors (Lipinski definition) is 3. The van der Waals surface area contributed by atoms with Crippen LogP contribution < -0.4 is 10.6 Å². The van der Waals surface area contributed by atoms with Gasteiger partial charge in [-0.15, -0.1) is 11.3 Å². The van der Waals surface area contributed by atoms with Gasteiger partial charge in [-0.2, -0.15) is 0 Å². The Hall–Kier alpha value is -4.27. The lowest BCUT2D eigenvalue weighted by Gasteiger charge is -2.13. The number of carboxylic acid groups (broad SMARTS) is 1. The van der Waals surface area contributed by atoms with Crippen molar-refractivity contribution in [2.24, 2.45) is 0 Å². The predicted molar refractivity (Wildman–Crippen MR) is 158 cm³/mol. The monoisotopic (exact) mass is 556 g/mol. The maximum Gasteiger partial charge on any atom is 0.307 e. The highest BCUT2D eigenvalue weighted by molar-refractivity contribution is 7.22. The molecule has 0 spiro atoms. The number of amides is 1. The van der Waals surface area contributed by atoms with E-state index in [1.807, 2.05) is 55.5 Å². The molecule has 9 heteroatoms. The van der Waals surface area contributed by atoms with Gasteiger partial charge in [-0.25, -0.2) is 4.98 Å². The van der Waals surface area contributed by atoms with Crippen LogP contribution in [-0.2, 0) is 11.2 Å². The Morgan fingerprint density at radius 2 is 1.72 bits per heavy atom. The van der Waals surface area contributed by atoms with E-state index in [0.717, 1.165) is 54.3 Å². The van der Waals surface area contributed by atoms with Gasteiger partial charge in [0, 0.05) is 47.7 Å². The molecule has 7 nitrogen and oxygen atoms in total. The number of hydrogen-bond acceptors (Lipinski definition) is 6. The van der Waals surface area contributed by atoms with Crippen molar-refractivity contribution in [1.29, 1.82) is 0 Å². The standard InChI is InChI=1S/C30H25ClN4O3S/c1-16-12-25-28(27(21(16)15-26(36)37)17-4-7-20(31)8-5-17)39-30(35-25)19-10-11-34-24(14-19)18-6-9-23(32-2)22(13-18)29(38)33-3/h4-14,32H,15H2,1-3H3,(H,33,38)(H,36,37). The second-order valence-electron chi connectivity index (χ2n) is 9.01. The fraction of sp³-hybridized carbons (Fsp3) is 0.133. The highest BCUT2D eigenvalue weighted by atomic mass is 35.5. The molecular weight excluding hydrogens is 532 g/mol. The van der Waals surface area contributed by atoms with Gasteiger partial charge >= 0.3 is 5.97 Å². The molecule has 0 aliphatic rings. The Morgan fingerprint density at radius 1 is 0.974 bits per heavy atom. The Balaban J connectivity index is 1.65. The number of anilines is 1. The molecule has 0 saturated heterocycles. The Kier molecular flexibility index (Phi) is 7.32. The maximum atomic E-state index is 12.4. The average molecular weight is 557 g/mol. The molecule has 0 fully saturated rings. The molecular formula is C30H25ClN4O3S. The number of rotatable bonds is 7. The van der Waals surface area contributed by atoms with Gasteiger partial charge in [-0.1, -0.05) is 29.8 Å². The lowest BCUT2D eigenvalue weighted by molar-refractivity contribution is -0.136. The Morgan fingerprint density at radius 3 is 2.41 bits per heavy atom. The zero-order valence-corrected chi connectivity index (χ0v) is 23.1. The summed E-state index contributed by atoms with van der Waals surface area (Å²) in [6.45, 7) is 1.92. The van der Waals surface area contributed by atoms with Crippen molar-refractivity contribution in [2.75, 3.05) is 19.4 Å². The number of aliphatic carboxylic acids is 1. The molecule has 39 heavy (non-hydrogen) atoms. The predicted octanol–water partition coefficient (Wildman–Crippen LogP) is 6.68. The number of aryl methyl sites for hydroxylation is 1. The van der Waals surface area contributed by atoms with Crippen molar-refractivity contribution in [2.45, 2.75) is 13.3 Å². The van der Waals surface area contributed by atoms with Crippen LogP contribution >= 0.6 is 22.9 Å². The lowest BCUT2D eigenvalue weighted by atomic mass is 9.93. The molecule has 0 bridgehead atoms. The van der Waals surface area contributed by atoms with Crippen molar-refractivity contribution in [3.63, 3.8) is 0 Å². The van der Waals surface area contributed by atoms with E-state index in [-0.39, 0.29) is 12.3 Å². The van der Waals surface area contributed by atoms with Crippen LogP contribution in [0.2, 0.25) is 5.02 Å². The highest BCUT2D eigenvalue weighted by Crippen LogP contribution is 2.41. The largest absolute Gasteiger partial charge is 0.481 e. The number of thiazole rings is 1. The zero-order valence-electron chi connectivity index (χ0n) is 21.5. The highest BCUT2D eigenvalue weighted by Gasteiger charge is 2.20. The first-order valence-corrected chi connectivity index (χ1v) is 13.4.